The Labute approximate surface area is 231 Å². The van der Waals surface area contributed by atoms with Crippen LogP contribution in [0, 0.1) is 9.39 Å². The quantitative estimate of drug-likeness (QED) is 0.119. The second kappa shape index (κ2) is 13.4. The zero-order chi connectivity index (χ0) is 26.1. The summed E-state index contributed by atoms with van der Waals surface area (Å²) in [5.74, 6) is -0.878. The molecular weight excluding hydrogens is 623 g/mol. The number of carbonyl (C=O) groups is 2. The van der Waals surface area contributed by atoms with Gasteiger partial charge in [0.2, 0.25) is 11.8 Å². The molecule has 0 saturated carbocycles. The maximum absolute atomic E-state index is 13.6. The molecule has 0 atom stereocenters. The summed E-state index contributed by atoms with van der Waals surface area (Å²) in [6.45, 7) is 2.47. The SMILES string of the molecule is CCOc1cc(C=NNC(=O)CC(=O)Nc2ccccc2F)cc(I)c1OCc1ccc(Cl)cc1Cl. The Morgan fingerprint density at radius 2 is 1.86 bits per heavy atom. The van der Waals surface area contributed by atoms with Gasteiger partial charge in [0.1, 0.15) is 18.8 Å². The number of hydrazone groups is 1. The zero-order valence-electron chi connectivity index (χ0n) is 19.0. The minimum absolute atomic E-state index is 0.00234. The van der Waals surface area contributed by atoms with Crippen LogP contribution in [0.1, 0.15) is 24.5 Å². The number of para-hydroxylation sites is 1. The standard InChI is InChI=1S/C25H21Cl2FIN3O4/c1-2-35-22-10-15(9-20(29)25(22)36-14-16-7-8-17(26)11-18(16)27)13-30-32-24(34)12-23(33)31-21-6-4-3-5-19(21)28/h3-11,13H,2,12,14H2,1H3,(H,31,33)(H,32,34). The summed E-state index contributed by atoms with van der Waals surface area (Å²) in [5.41, 5.74) is 3.68. The van der Waals surface area contributed by atoms with Gasteiger partial charge in [0.15, 0.2) is 11.5 Å². The van der Waals surface area contributed by atoms with Crippen LogP contribution in [0.2, 0.25) is 10.0 Å². The predicted octanol–water partition coefficient (Wildman–Crippen LogP) is 6.19. The number of benzene rings is 3. The Kier molecular flexibility index (Phi) is 10.3. The molecule has 11 heteroatoms. The molecule has 2 N–H and O–H groups in total. The molecule has 0 fully saturated rings. The van der Waals surface area contributed by atoms with E-state index >= 15 is 0 Å². The molecule has 0 radical (unpaired) electrons. The number of hydrogen-bond donors (Lipinski definition) is 2. The molecule has 0 unspecified atom stereocenters. The highest BCUT2D eigenvalue weighted by Gasteiger charge is 2.14. The van der Waals surface area contributed by atoms with Gasteiger partial charge in [0, 0.05) is 15.6 Å². The summed E-state index contributed by atoms with van der Waals surface area (Å²) in [4.78, 5) is 24.0. The molecule has 3 rings (SSSR count). The highest BCUT2D eigenvalue weighted by Crippen LogP contribution is 2.35. The topological polar surface area (TPSA) is 89.0 Å². The summed E-state index contributed by atoms with van der Waals surface area (Å²) in [5, 5.41) is 7.27. The van der Waals surface area contributed by atoms with Crippen molar-refractivity contribution >= 4 is 69.5 Å². The van der Waals surface area contributed by atoms with Crippen molar-refractivity contribution in [3.8, 4) is 11.5 Å². The monoisotopic (exact) mass is 643 g/mol. The van der Waals surface area contributed by atoms with Crippen molar-refractivity contribution in [2.75, 3.05) is 11.9 Å². The van der Waals surface area contributed by atoms with E-state index in [0.29, 0.717) is 33.7 Å². The third-order valence-electron chi connectivity index (χ3n) is 4.59. The number of carbonyl (C=O) groups excluding carboxylic acids is 2. The number of amides is 2. The van der Waals surface area contributed by atoms with Crippen LogP contribution in [0.25, 0.3) is 0 Å². The van der Waals surface area contributed by atoms with E-state index in [1.54, 1.807) is 36.4 Å². The summed E-state index contributed by atoms with van der Waals surface area (Å²) in [6.07, 6.45) is 0.893. The first kappa shape index (κ1) is 27.7. The van der Waals surface area contributed by atoms with Crippen LogP contribution in [0.3, 0.4) is 0 Å². The fourth-order valence-electron chi connectivity index (χ4n) is 2.98. The van der Waals surface area contributed by atoms with Crippen LogP contribution in [0.15, 0.2) is 59.7 Å². The van der Waals surface area contributed by atoms with Crippen LogP contribution < -0.4 is 20.2 Å². The first-order valence-electron chi connectivity index (χ1n) is 10.7. The van der Waals surface area contributed by atoms with Gasteiger partial charge in [-0.15, -0.1) is 0 Å². The molecule has 2 amide bonds. The van der Waals surface area contributed by atoms with Gasteiger partial charge < -0.3 is 14.8 Å². The van der Waals surface area contributed by atoms with Gasteiger partial charge >= 0.3 is 0 Å². The van der Waals surface area contributed by atoms with Crippen molar-refractivity contribution in [2.24, 2.45) is 5.10 Å². The first-order chi connectivity index (χ1) is 17.3. The van der Waals surface area contributed by atoms with Gasteiger partial charge in [-0.2, -0.15) is 5.10 Å². The minimum Gasteiger partial charge on any atom is -0.490 e. The average Bonchev–Trinajstić information content (AvgIpc) is 2.81. The number of hydrogen-bond acceptors (Lipinski definition) is 5. The second-order valence-corrected chi connectivity index (χ2v) is 9.29. The van der Waals surface area contributed by atoms with Crippen LogP contribution >= 0.6 is 45.8 Å². The van der Waals surface area contributed by atoms with Crippen molar-refractivity contribution in [2.45, 2.75) is 20.0 Å². The number of ether oxygens (including phenoxy) is 2. The Balaban J connectivity index is 1.62. The third kappa shape index (κ3) is 8.07. The fourth-order valence-corrected chi connectivity index (χ4v) is 4.22. The highest BCUT2D eigenvalue weighted by molar-refractivity contribution is 14.1. The second-order valence-electron chi connectivity index (χ2n) is 7.29. The Bertz CT molecular complexity index is 1290. The molecule has 0 aliphatic heterocycles. The van der Waals surface area contributed by atoms with E-state index in [4.69, 9.17) is 32.7 Å². The maximum atomic E-state index is 13.6. The molecule has 0 aliphatic carbocycles. The largest absolute Gasteiger partial charge is 0.490 e. The molecule has 3 aromatic rings. The molecule has 0 aliphatic rings. The van der Waals surface area contributed by atoms with E-state index in [2.05, 4.69) is 38.4 Å². The van der Waals surface area contributed by atoms with Crippen LogP contribution in [-0.4, -0.2) is 24.6 Å². The number of nitrogens with zero attached hydrogens (tertiary/aromatic N) is 1. The molecule has 0 aromatic heterocycles. The van der Waals surface area contributed by atoms with Crippen molar-refractivity contribution in [3.63, 3.8) is 0 Å². The lowest BCUT2D eigenvalue weighted by atomic mass is 10.2. The van der Waals surface area contributed by atoms with Crippen LogP contribution in [-0.2, 0) is 16.2 Å². The lowest BCUT2D eigenvalue weighted by Crippen LogP contribution is -2.24. The number of halogens is 4. The zero-order valence-corrected chi connectivity index (χ0v) is 22.7. The Morgan fingerprint density at radius 1 is 1.08 bits per heavy atom. The molecule has 0 heterocycles. The lowest BCUT2D eigenvalue weighted by Gasteiger charge is -2.15. The molecule has 0 spiro atoms. The van der Waals surface area contributed by atoms with E-state index in [9.17, 15) is 14.0 Å². The third-order valence-corrected chi connectivity index (χ3v) is 5.98. The molecule has 0 bridgehead atoms. The molecule has 3 aromatic carbocycles. The van der Waals surface area contributed by atoms with Gasteiger partial charge in [-0.1, -0.05) is 41.4 Å². The maximum Gasteiger partial charge on any atom is 0.249 e. The van der Waals surface area contributed by atoms with Crippen LogP contribution in [0.4, 0.5) is 10.1 Å². The van der Waals surface area contributed by atoms with Gasteiger partial charge in [0.05, 0.1) is 22.1 Å². The summed E-state index contributed by atoms with van der Waals surface area (Å²) in [7, 11) is 0. The van der Waals surface area contributed by atoms with Gasteiger partial charge in [0.25, 0.3) is 0 Å². The average molecular weight is 644 g/mol. The summed E-state index contributed by atoms with van der Waals surface area (Å²) >= 11 is 14.3. The number of rotatable bonds is 10. The molecular formula is C25H21Cl2FIN3O4. The predicted molar refractivity (Wildman–Crippen MR) is 147 cm³/mol. The molecule has 188 valence electrons. The Morgan fingerprint density at radius 3 is 2.58 bits per heavy atom. The van der Waals surface area contributed by atoms with Crippen molar-refractivity contribution < 1.29 is 23.5 Å². The highest BCUT2D eigenvalue weighted by atomic mass is 127. The number of anilines is 1. The Hall–Kier alpha value is -2.89. The van der Waals surface area contributed by atoms with E-state index in [0.717, 1.165) is 9.13 Å². The first-order valence-corrected chi connectivity index (χ1v) is 12.5. The van der Waals surface area contributed by atoms with Gasteiger partial charge in [-0.25, -0.2) is 9.82 Å². The van der Waals surface area contributed by atoms with E-state index < -0.39 is 24.1 Å². The molecule has 36 heavy (non-hydrogen) atoms. The normalized spacial score (nSPS) is 10.8. The minimum atomic E-state index is -0.664. The fraction of sp³-hybridized carbons (Fsp3) is 0.160. The molecule has 7 nitrogen and oxygen atoms in total. The summed E-state index contributed by atoms with van der Waals surface area (Å²) in [6, 6.07) is 14.4. The van der Waals surface area contributed by atoms with Crippen LogP contribution in [0.5, 0.6) is 11.5 Å². The van der Waals surface area contributed by atoms with Gasteiger partial charge in [-0.3, -0.25) is 9.59 Å². The van der Waals surface area contributed by atoms with Gasteiger partial charge in [-0.05, 0) is 71.5 Å². The molecule has 0 saturated heterocycles. The summed E-state index contributed by atoms with van der Waals surface area (Å²) < 4.78 is 26.1. The van der Waals surface area contributed by atoms with E-state index in [1.165, 1.54) is 24.4 Å². The van der Waals surface area contributed by atoms with Crippen molar-refractivity contribution in [1.29, 1.82) is 0 Å². The lowest BCUT2D eigenvalue weighted by molar-refractivity contribution is -0.126. The number of nitrogens with one attached hydrogen (secondary N) is 2. The van der Waals surface area contributed by atoms with E-state index in [-0.39, 0.29) is 12.3 Å². The smallest absolute Gasteiger partial charge is 0.249 e. The van der Waals surface area contributed by atoms with Crippen molar-refractivity contribution in [3.05, 3.63) is 85.2 Å². The van der Waals surface area contributed by atoms with E-state index in [1.807, 2.05) is 6.92 Å². The van der Waals surface area contributed by atoms with Crippen molar-refractivity contribution in [1.82, 2.24) is 5.43 Å².